The number of Topliss-reactive ketones (excluding diaryl/α,β-unsaturated/α-hetero) is 1. The van der Waals surface area contributed by atoms with E-state index in [4.69, 9.17) is 0 Å². The minimum atomic E-state index is -0.427. The Morgan fingerprint density at radius 3 is 2.67 bits per heavy atom. The molecule has 1 aromatic rings. The second-order valence-electron chi connectivity index (χ2n) is 2.34. The van der Waals surface area contributed by atoms with Crippen molar-refractivity contribution in [2.45, 2.75) is 6.92 Å². The van der Waals surface area contributed by atoms with Crippen LogP contribution >= 0.6 is 0 Å². The molecule has 0 radical (unpaired) electrons. The van der Waals surface area contributed by atoms with Crippen molar-refractivity contribution in [2.24, 2.45) is 0 Å². The van der Waals surface area contributed by atoms with Crippen LogP contribution in [0.2, 0.25) is 0 Å². The zero-order valence-electron chi connectivity index (χ0n) is 6.46. The first-order valence-electron chi connectivity index (χ1n) is 3.34. The average molecular weight is 165 g/mol. The highest BCUT2D eigenvalue weighted by Crippen LogP contribution is 1.91. The second-order valence-corrected chi connectivity index (χ2v) is 2.34. The number of aldehydes is 1. The minimum absolute atomic E-state index is 0.0700. The van der Waals surface area contributed by atoms with Gasteiger partial charge in [-0.15, -0.1) is 0 Å². The highest BCUT2D eigenvalue weighted by atomic mass is 16.1. The van der Waals surface area contributed by atoms with Gasteiger partial charge in [0.1, 0.15) is 0 Å². The highest BCUT2D eigenvalue weighted by Gasteiger charge is 2.04. The average Bonchev–Trinajstić information content (AvgIpc) is 2.03. The number of pyridine rings is 1. The Kier molecular flexibility index (Phi) is 2.19. The molecule has 0 unspecified atom stereocenters. The number of carbonyl (C=O) groups excluding carboxylic acids is 2. The molecule has 12 heavy (non-hydrogen) atoms. The van der Waals surface area contributed by atoms with Crippen LogP contribution in [0.4, 0.5) is 0 Å². The van der Waals surface area contributed by atoms with Crippen molar-refractivity contribution < 1.29 is 9.59 Å². The lowest BCUT2D eigenvalue weighted by molar-refractivity contribution is 0.101. The Hall–Kier alpha value is -1.71. The molecule has 0 aliphatic carbocycles. The smallest absolute Gasteiger partial charge is 0.193 e. The molecular weight excluding hydrogens is 158 g/mol. The SMILES string of the molecule is CC(=O)c1c[nH]c(C=O)cc1=O. The fraction of sp³-hybridized carbons (Fsp3) is 0.125. The third kappa shape index (κ3) is 1.47. The number of hydrogen-bond acceptors (Lipinski definition) is 3. The second kappa shape index (κ2) is 3.13. The van der Waals surface area contributed by atoms with E-state index in [1.807, 2.05) is 0 Å². The first-order chi connectivity index (χ1) is 5.65. The summed E-state index contributed by atoms with van der Waals surface area (Å²) in [4.78, 5) is 34.5. The van der Waals surface area contributed by atoms with Crippen LogP contribution in [0.1, 0.15) is 27.8 Å². The van der Waals surface area contributed by atoms with E-state index in [-0.39, 0.29) is 17.0 Å². The number of nitrogens with one attached hydrogen (secondary N) is 1. The van der Waals surface area contributed by atoms with Gasteiger partial charge in [-0.25, -0.2) is 0 Å². The Labute approximate surface area is 68.2 Å². The van der Waals surface area contributed by atoms with Crippen LogP contribution in [0.15, 0.2) is 17.1 Å². The molecule has 0 saturated carbocycles. The third-order valence-electron chi connectivity index (χ3n) is 1.44. The van der Waals surface area contributed by atoms with E-state index >= 15 is 0 Å². The molecule has 62 valence electrons. The quantitative estimate of drug-likeness (QED) is 0.509. The lowest BCUT2D eigenvalue weighted by atomic mass is 10.2. The fourth-order valence-corrected chi connectivity index (χ4v) is 0.830. The maximum atomic E-state index is 11.0. The monoisotopic (exact) mass is 165 g/mol. The van der Waals surface area contributed by atoms with Crippen molar-refractivity contribution in [1.82, 2.24) is 4.98 Å². The number of hydrogen-bond donors (Lipinski definition) is 1. The van der Waals surface area contributed by atoms with E-state index < -0.39 is 5.43 Å². The molecule has 1 aromatic heterocycles. The largest absolute Gasteiger partial charge is 0.358 e. The molecule has 0 aromatic carbocycles. The summed E-state index contributed by atoms with van der Waals surface area (Å²) in [6.45, 7) is 1.30. The van der Waals surface area contributed by atoms with E-state index in [1.54, 1.807) is 0 Å². The number of rotatable bonds is 2. The Balaban J connectivity index is 3.30. The molecule has 0 fully saturated rings. The lowest BCUT2D eigenvalue weighted by Crippen LogP contribution is -2.13. The Bertz CT molecular complexity index is 378. The molecule has 4 nitrogen and oxygen atoms in total. The summed E-state index contributed by atoms with van der Waals surface area (Å²) < 4.78 is 0. The summed E-state index contributed by atoms with van der Waals surface area (Å²) in [5.41, 5.74) is -0.186. The van der Waals surface area contributed by atoms with E-state index in [9.17, 15) is 14.4 Å². The van der Waals surface area contributed by atoms with Crippen molar-refractivity contribution in [3.8, 4) is 0 Å². The fourth-order valence-electron chi connectivity index (χ4n) is 0.830. The summed E-state index contributed by atoms with van der Waals surface area (Å²) in [6.07, 6.45) is 1.76. The molecule has 0 amide bonds. The van der Waals surface area contributed by atoms with E-state index in [2.05, 4.69) is 4.98 Å². The van der Waals surface area contributed by atoms with E-state index in [0.29, 0.717) is 6.29 Å². The number of aromatic nitrogens is 1. The highest BCUT2D eigenvalue weighted by molar-refractivity contribution is 5.93. The van der Waals surface area contributed by atoms with Crippen LogP contribution < -0.4 is 5.43 Å². The molecule has 0 saturated heterocycles. The molecule has 0 bridgehead atoms. The van der Waals surface area contributed by atoms with Gasteiger partial charge in [0.05, 0.1) is 11.3 Å². The van der Waals surface area contributed by atoms with Crippen molar-refractivity contribution in [3.05, 3.63) is 33.7 Å². The molecule has 0 aliphatic heterocycles. The number of ketones is 1. The Morgan fingerprint density at radius 2 is 2.25 bits per heavy atom. The Morgan fingerprint density at radius 1 is 1.58 bits per heavy atom. The predicted molar refractivity (Wildman–Crippen MR) is 42.5 cm³/mol. The van der Waals surface area contributed by atoms with Gasteiger partial charge in [0.2, 0.25) is 0 Å². The van der Waals surface area contributed by atoms with Crippen LogP contribution in [0.25, 0.3) is 0 Å². The molecule has 1 heterocycles. The molecule has 0 atom stereocenters. The van der Waals surface area contributed by atoms with Crippen LogP contribution in [0.5, 0.6) is 0 Å². The van der Waals surface area contributed by atoms with Crippen LogP contribution in [0.3, 0.4) is 0 Å². The van der Waals surface area contributed by atoms with Gasteiger partial charge in [0.25, 0.3) is 0 Å². The van der Waals surface area contributed by atoms with Gasteiger partial charge in [-0.3, -0.25) is 14.4 Å². The molecular formula is C8H7NO3. The molecule has 0 spiro atoms. The van der Waals surface area contributed by atoms with Gasteiger partial charge in [-0.05, 0) is 6.92 Å². The van der Waals surface area contributed by atoms with Crippen molar-refractivity contribution in [3.63, 3.8) is 0 Å². The summed E-state index contributed by atoms with van der Waals surface area (Å²) in [7, 11) is 0. The topological polar surface area (TPSA) is 67.0 Å². The van der Waals surface area contributed by atoms with Crippen molar-refractivity contribution in [2.75, 3.05) is 0 Å². The predicted octanol–water partition coefficient (Wildman–Crippen LogP) is 0.390. The van der Waals surface area contributed by atoms with Gasteiger partial charge in [0.15, 0.2) is 17.5 Å². The number of carbonyl (C=O) groups is 2. The summed E-state index contributed by atoms with van der Waals surface area (Å²) in [6, 6.07) is 1.10. The first-order valence-corrected chi connectivity index (χ1v) is 3.34. The van der Waals surface area contributed by atoms with Crippen LogP contribution in [0, 0.1) is 0 Å². The molecule has 1 rings (SSSR count). The standard InChI is InChI=1S/C8H7NO3/c1-5(11)7-3-9-6(4-10)2-8(7)12/h2-4H,1H3,(H,9,12). The van der Waals surface area contributed by atoms with Gasteiger partial charge >= 0.3 is 0 Å². The van der Waals surface area contributed by atoms with Crippen LogP contribution in [-0.2, 0) is 0 Å². The summed E-state index contributed by atoms with van der Waals surface area (Å²) in [5, 5.41) is 0. The zero-order chi connectivity index (χ0) is 9.14. The van der Waals surface area contributed by atoms with E-state index in [0.717, 1.165) is 6.07 Å². The third-order valence-corrected chi connectivity index (χ3v) is 1.44. The van der Waals surface area contributed by atoms with Crippen molar-refractivity contribution in [1.29, 1.82) is 0 Å². The maximum Gasteiger partial charge on any atom is 0.193 e. The zero-order valence-corrected chi connectivity index (χ0v) is 6.46. The first kappa shape index (κ1) is 8.39. The molecule has 4 heteroatoms. The minimum Gasteiger partial charge on any atom is -0.358 e. The molecule has 1 N–H and O–H groups in total. The summed E-state index contributed by atoms with van der Waals surface area (Å²) in [5.74, 6) is -0.311. The molecule has 0 aliphatic rings. The normalized spacial score (nSPS) is 9.42. The number of H-pyrrole nitrogens is 1. The van der Waals surface area contributed by atoms with Gasteiger partial charge < -0.3 is 4.98 Å². The van der Waals surface area contributed by atoms with Gasteiger partial charge in [-0.1, -0.05) is 0 Å². The number of aromatic amines is 1. The van der Waals surface area contributed by atoms with Crippen LogP contribution in [-0.4, -0.2) is 17.1 Å². The van der Waals surface area contributed by atoms with Crippen molar-refractivity contribution >= 4 is 12.1 Å². The lowest BCUT2D eigenvalue weighted by Gasteiger charge is -1.93. The van der Waals surface area contributed by atoms with Gasteiger partial charge in [-0.2, -0.15) is 0 Å². The van der Waals surface area contributed by atoms with E-state index in [1.165, 1.54) is 13.1 Å². The van der Waals surface area contributed by atoms with Gasteiger partial charge in [0, 0.05) is 12.3 Å². The summed E-state index contributed by atoms with van der Waals surface area (Å²) >= 11 is 0. The maximum absolute atomic E-state index is 11.0.